The Morgan fingerprint density at radius 3 is 2.95 bits per heavy atom. The standard InChI is InChI=1S/C17H16N2O/c1-20-16-6-3-9-19-11-15(18-17(16)19)14-8-7-12-4-2-5-13(12)10-14/h3,6-11H,2,4-5H2,1H3. The zero-order valence-electron chi connectivity index (χ0n) is 11.5. The monoisotopic (exact) mass is 264 g/mol. The van der Waals surface area contributed by atoms with Crippen molar-refractivity contribution in [3.63, 3.8) is 0 Å². The Morgan fingerprint density at radius 2 is 2.05 bits per heavy atom. The first-order valence-corrected chi connectivity index (χ1v) is 6.99. The second kappa shape index (κ2) is 4.37. The van der Waals surface area contributed by atoms with Crippen LogP contribution in [-0.4, -0.2) is 16.5 Å². The molecule has 0 saturated carbocycles. The molecule has 20 heavy (non-hydrogen) atoms. The van der Waals surface area contributed by atoms with Crippen molar-refractivity contribution in [3.8, 4) is 17.0 Å². The van der Waals surface area contributed by atoms with Gasteiger partial charge in [-0.2, -0.15) is 0 Å². The summed E-state index contributed by atoms with van der Waals surface area (Å²) in [7, 11) is 1.68. The number of hydrogen-bond donors (Lipinski definition) is 0. The minimum atomic E-state index is 0.805. The van der Waals surface area contributed by atoms with Gasteiger partial charge in [0.1, 0.15) is 0 Å². The number of methoxy groups -OCH3 is 1. The van der Waals surface area contributed by atoms with Gasteiger partial charge in [-0.15, -0.1) is 0 Å². The maximum absolute atomic E-state index is 5.37. The average molecular weight is 264 g/mol. The van der Waals surface area contributed by atoms with E-state index in [1.54, 1.807) is 7.11 Å². The molecule has 3 aromatic rings. The average Bonchev–Trinajstić information content (AvgIpc) is 3.11. The zero-order chi connectivity index (χ0) is 13.5. The van der Waals surface area contributed by atoms with Crippen LogP contribution >= 0.6 is 0 Å². The van der Waals surface area contributed by atoms with Gasteiger partial charge in [-0.3, -0.25) is 0 Å². The number of hydrogen-bond acceptors (Lipinski definition) is 2. The first-order chi connectivity index (χ1) is 9.85. The molecule has 100 valence electrons. The quantitative estimate of drug-likeness (QED) is 0.708. The lowest BCUT2D eigenvalue weighted by Crippen LogP contribution is -1.88. The van der Waals surface area contributed by atoms with E-state index in [0.29, 0.717) is 0 Å². The Hall–Kier alpha value is -2.29. The summed E-state index contributed by atoms with van der Waals surface area (Å²) in [6.45, 7) is 0. The van der Waals surface area contributed by atoms with Crippen LogP contribution in [0.2, 0.25) is 0 Å². The molecule has 0 bridgehead atoms. The summed E-state index contributed by atoms with van der Waals surface area (Å²) >= 11 is 0. The van der Waals surface area contributed by atoms with E-state index < -0.39 is 0 Å². The minimum Gasteiger partial charge on any atom is -0.493 e. The van der Waals surface area contributed by atoms with Crippen LogP contribution in [0, 0.1) is 0 Å². The molecule has 1 aliphatic carbocycles. The highest BCUT2D eigenvalue weighted by Gasteiger charge is 2.13. The number of pyridine rings is 1. The number of benzene rings is 1. The summed E-state index contributed by atoms with van der Waals surface area (Å²) in [6, 6.07) is 10.6. The molecule has 0 amide bonds. The first kappa shape index (κ1) is 11.5. The van der Waals surface area contributed by atoms with Crippen molar-refractivity contribution in [1.29, 1.82) is 0 Å². The fraction of sp³-hybridized carbons (Fsp3) is 0.235. The number of nitrogens with zero attached hydrogens (tertiary/aromatic N) is 2. The van der Waals surface area contributed by atoms with Gasteiger partial charge in [0.05, 0.1) is 12.8 Å². The molecule has 1 aliphatic rings. The maximum atomic E-state index is 5.37. The molecule has 0 N–H and O–H groups in total. The highest BCUT2D eigenvalue weighted by atomic mass is 16.5. The summed E-state index contributed by atoms with van der Waals surface area (Å²) in [5.41, 5.74) is 6.03. The van der Waals surface area contributed by atoms with Gasteiger partial charge < -0.3 is 9.14 Å². The molecule has 3 heteroatoms. The van der Waals surface area contributed by atoms with Gasteiger partial charge in [0, 0.05) is 18.0 Å². The van der Waals surface area contributed by atoms with Crippen LogP contribution in [0.5, 0.6) is 5.75 Å². The lowest BCUT2D eigenvalue weighted by Gasteiger charge is -2.01. The van der Waals surface area contributed by atoms with Crippen molar-refractivity contribution in [2.24, 2.45) is 0 Å². The number of fused-ring (bicyclic) bond motifs is 2. The zero-order valence-corrected chi connectivity index (χ0v) is 11.5. The van der Waals surface area contributed by atoms with Crippen molar-refractivity contribution in [2.75, 3.05) is 7.11 Å². The van der Waals surface area contributed by atoms with Crippen molar-refractivity contribution in [1.82, 2.24) is 9.38 Å². The van der Waals surface area contributed by atoms with Gasteiger partial charge in [0.2, 0.25) is 0 Å². The van der Waals surface area contributed by atoms with E-state index in [0.717, 1.165) is 17.1 Å². The largest absolute Gasteiger partial charge is 0.493 e. The molecule has 3 nitrogen and oxygen atoms in total. The number of imidazole rings is 1. The maximum Gasteiger partial charge on any atom is 0.180 e. The summed E-state index contributed by atoms with van der Waals surface area (Å²) in [5.74, 6) is 0.805. The van der Waals surface area contributed by atoms with Crippen LogP contribution in [0.1, 0.15) is 17.5 Å². The van der Waals surface area contributed by atoms with Crippen LogP contribution in [-0.2, 0) is 12.8 Å². The lowest BCUT2D eigenvalue weighted by atomic mass is 10.1. The Balaban J connectivity index is 1.86. The van der Waals surface area contributed by atoms with E-state index in [9.17, 15) is 0 Å². The van der Waals surface area contributed by atoms with Crippen LogP contribution in [0.3, 0.4) is 0 Å². The van der Waals surface area contributed by atoms with E-state index in [1.807, 2.05) is 22.7 Å². The van der Waals surface area contributed by atoms with Gasteiger partial charge in [-0.05, 0) is 48.6 Å². The molecule has 0 unspecified atom stereocenters. The van der Waals surface area contributed by atoms with Gasteiger partial charge in [0.25, 0.3) is 0 Å². The summed E-state index contributed by atoms with van der Waals surface area (Å²) in [5, 5.41) is 0. The minimum absolute atomic E-state index is 0.805. The Labute approximate surface area is 117 Å². The Bertz CT molecular complexity index is 789. The van der Waals surface area contributed by atoms with Crippen molar-refractivity contribution >= 4 is 5.65 Å². The third kappa shape index (κ3) is 1.70. The summed E-state index contributed by atoms with van der Waals surface area (Å²) in [6.07, 6.45) is 7.75. The number of aromatic nitrogens is 2. The predicted octanol–water partition coefficient (Wildman–Crippen LogP) is 3.50. The molecule has 0 atom stereocenters. The Kier molecular flexibility index (Phi) is 2.52. The van der Waals surface area contributed by atoms with Gasteiger partial charge in [0.15, 0.2) is 11.4 Å². The van der Waals surface area contributed by atoms with Crippen LogP contribution in [0.4, 0.5) is 0 Å². The molecule has 0 saturated heterocycles. The lowest BCUT2D eigenvalue weighted by molar-refractivity contribution is 0.417. The number of aryl methyl sites for hydroxylation is 2. The predicted molar refractivity (Wildman–Crippen MR) is 79.2 cm³/mol. The normalized spacial score (nSPS) is 13.7. The molecule has 0 radical (unpaired) electrons. The number of rotatable bonds is 2. The topological polar surface area (TPSA) is 26.5 Å². The fourth-order valence-electron chi connectivity index (χ4n) is 3.02. The van der Waals surface area contributed by atoms with Gasteiger partial charge in [-0.25, -0.2) is 4.98 Å². The second-order valence-electron chi connectivity index (χ2n) is 5.27. The highest BCUT2D eigenvalue weighted by molar-refractivity contribution is 5.67. The van der Waals surface area contributed by atoms with E-state index in [-0.39, 0.29) is 0 Å². The van der Waals surface area contributed by atoms with Gasteiger partial charge in [-0.1, -0.05) is 12.1 Å². The third-order valence-corrected chi connectivity index (χ3v) is 4.06. The molecule has 0 spiro atoms. The molecule has 1 aromatic carbocycles. The van der Waals surface area contributed by atoms with Crippen molar-refractivity contribution in [2.45, 2.75) is 19.3 Å². The smallest absolute Gasteiger partial charge is 0.180 e. The third-order valence-electron chi connectivity index (χ3n) is 4.06. The van der Waals surface area contributed by atoms with Crippen molar-refractivity contribution < 1.29 is 4.74 Å². The second-order valence-corrected chi connectivity index (χ2v) is 5.27. The molecule has 0 fully saturated rings. The van der Waals surface area contributed by atoms with E-state index in [1.165, 1.54) is 36.0 Å². The van der Waals surface area contributed by atoms with E-state index in [4.69, 9.17) is 9.72 Å². The van der Waals surface area contributed by atoms with Crippen LogP contribution in [0.15, 0.2) is 42.7 Å². The summed E-state index contributed by atoms with van der Waals surface area (Å²) in [4.78, 5) is 4.72. The Morgan fingerprint density at radius 1 is 1.15 bits per heavy atom. The molecule has 2 aromatic heterocycles. The number of ether oxygens (including phenoxy) is 1. The van der Waals surface area contributed by atoms with Crippen LogP contribution < -0.4 is 4.74 Å². The SMILES string of the molecule is COc1cccn2cc(-c3ccc4c(c3)CCC4)nc12. The van der Waals surface area contributed by atoms with E-state index >= 15 is 0 Å². The van der Waals surface area contributed by atoms with Crippen LogP contribution in [0.25, 0.3) is 16.9 Å². The first-order valence-electron chi connectivity index (χ1n) is 6.99. The molecular weight excluding hydrogens is 248 g/mol. The van der Waals surface area contributed by atoms with Gasteiger partial charge >= 0.3 is 0 Å². The molecular formula is C17H16N2O. The highest BCUT2D eigenvalue weighted by Crippen LogP contribution is 2.29. The summed E-state index contributed by atoms with van der Waals surface area (Å²) < 4.78 is 7.38. The molecule has 2 heterocycles. The van der Waals surface area contributed by atoms with Crippen molar-refractivity contribution in [3.05, 3.63) is 53.9 Å². The van der Waals surface area contributed by atoms with E-state index in [2.05, 4.69) is 24.4 Å². The molecule has 4 rings (SSSR count). The molecule has 0 aliphatic heterocycles. The fourth-order valence-corrected chi connectivity index (χ4v) is 3.02.